The molecule has 0 radical (unpaired) electrons. The zero-order chi connectivity index (χ0) is 26.0. The Bertz CT molecular complexity index is 1500. The Balaban J connectivity index is 1.89. The van der Waals surface area contributed by atoms with Gasteiger partial charge in [-0.15, -0.1) is 0 Å². The first-order chi connectivity index (χ1) is 17.1. The second-order valence-electron chi connectivity index (χ2n) is 9.24. The van der Waals surface area contributed by atoms with E-state index >= 15 is 0 Å². The van der Waals surface area contributed by atoms with E-state index < -0.39 is 11.4 Å². The average molecular weight is 508 g/mol. The summed E-state index contributed by atoms with van der Waals surface area (Å²) < 4.78 is 15.3. The van der Waals surface area contributed by atoms with Crippen LogP contribution in [0.3, 0.4) is 0 Å². The number of benzene rings is 2. The predicted octanol–water partition coefficient (Wildman–Crippen LogP) is 4.50. The molecule has 1 N–H and O–H groups in total. The van der Waals surface area contributed by atoms with E-state index in [1.165, 1.54) is 22.8 Å². The molecule has 1 amide bonds. The van der Waals surface area contributed by atoms with Crippen LogP contribution in [-0.4, -0.2) is 45.5 Å². The summed E-state index contributed by atoms with van der Waals surface area (Å²) >= 11 is 6.37. The average Bonchev–Trinajstić information content (AvgIpc) is 2.79. The van der Waals surface area contributed by atoms with Crippen LogP contribution in [0.1, 0.15) is 19.4 Å². The Labute approximate surface area is 213 Å². The van der Waals surface area contributed by atoms with Crippen molar-refractivity contribution in [3.05, 3.63) is 81.5 Å². The molecule has 0 atom stereocenters. The van der Waals surface area contributed by atoms with Gasteiger partial charge in [-0.05, 0) is 75.5 Å². The minimum Gasteiger partial charge on any atom is -0.352 e. The van der Waals surface area contributed by atoms with Gasteiger partial charge < -0.3 is 10.2 Å². The molecule has 2 heterocycles. The third-order valence-corrected chi connectivity index (χ3v) is 5.65. The van der Waals surface area contributed by atoms with Crippen molar-refractivity contribution in [2.24, 2.45) is 0 Å². The van der Waals surface area contributed by atoms with Crippen molar-refractivity contribution in [3.63, 3.8) is 0 Å². The molecule has 0 saturated carbocycles. The van der Waals surface area contributed by atoms with E-state index in [2.05, 4.69) is 15.3 Å². The maximum absolute atomic E-state index is 14.0. The Morgan fingerprint density at radius 3 is 2.58 bits per heavy atom. The van der Waals surface area contributed by atoms with Gasteiger partial charge in [0.05, 0.1) is 5.39 Å². The number of rotatable bonds is 7. The van der Waals surface area contributed by atoms with E-state index in [9.17, 15) is 14.0 Å². The highest BCUT2D eigenvalue weighted by Gasteiger charge is 2.18. The van der Waals surface area contributed by atoms with E-state index in [1.807, 2.05) is 51.0 Å². The number of amides is 1. The van der Waals surface area contributed by atoms with Crippen molar-refractivity contribution in [3.8, 4) is 22.5 Å². The SMILES string of the molecule is CC(C)NC(=O)Cn1c(-c2cccc(F)c2)nc2ncc(-c3cc(Cl)cc(CN(C)C)c3)cc2c1=O. The Kier molecular flexibility index (Phi) is 7.47. The van der Waals surface area contributed by atoms with Gasteiger partial charge in [-0.25, -0.2) is 14.4 Å². The number of nitrogens with one attached hydrogen (secondary N) is 1. The lowest BCUT2D eigenvalue weighted by molar-refractivity contribution is -0.122. The van der Waals surface area contributed by atoms with Crippen LogP contribution < -0.4 is 10.9 Å². The molecule has 0 spiro atoms. The molecular weight excluding hydrogens is 481 g/mol. The number of hydrogen-bond donors (Lipinski definition) is 1. The molecule has 7 nitrogen and oxygen atoms in total. The van der Waals surface area contributed by atoms with E-state index in [0.29, 0.717) is 22.7 Å². The van der Waals surface area contributed by atoms with Crippen molar-refractivity contribution < 1.29 is 9.18 Å². The number of hydrogen-bond acceptors (Lipinski definition) is 5. The molecular formula is C27H27ClFN5O2. The van der Waals surface area contributed by atoms with Crippen LogP contribution in [0.2, 0.25) is 5.02 Å². The fourth-order valence-electron chi connectivity index (χ4n) is 4.04. The smallest absolute Gasteiger partial charge is 0.263 e. The normalized spacial score (nSPS) is 11.4. The van der Waals surface area contributed by atoms with Gasteiger partial charge in [0.1, 0.15) is 18.2 Å². The van der Waals surface area contributed by atoms with Crippen LogP contribution in [0.4, 0.5) is 4.39 Å². The highest BCUT2D eigenvalue weighted by atomic mass is 35.5. The van der Waals surface area contributed by atoms with E-state index in [-0.39, 0.29) is 35.4 Å². The summed E-state index contributed by atoms with van der Waals surface area (Å²) in [5, 5.41) is 3.61. The zero-order valence-electron chi connectivity index (χ0n) is 20.5. The summed E-state index contributed by atoms with van der Waals surface area (Å²) in [5.74, 6) is -0.654. The van der Waals surface area contributed by atoms with Crippen molar-refractivity contribution >= 4 is 28.5 Å². The first-order valence-corrected chi connectivity index (χ1v) is 11.9. The number of pyridine rings is 1. The van der Waals surface area contributed by atoms with Crippen LogP contribution >= 0.6 is 11.6 Å². The summed E-state index contributed by atoms with van der Waals surface area (Å²) in [6.45, 7) is 4.10. The quantitative estimate of drug-likeness (QED) is 0.398. The molecule has 36 heavy (non-hydrogen) atoms. The van der Waals surface area contributed by atoms with Crippen LogP contribution in [0.5, 0.6) is 0 Å². The third kappa shape index (κ3) is 5.78. The van der Waals surface area contributed by atoms with Gasteiger partial charge in [-0.2, -0.15) is 0 Å². The van der Waals surface area contributed by atoms with Gasteiger partial charge in [-0.3, -0.25) is 14.2 Å². The van der Waals surface area contributed by atoms with Crippen molar-refractivity contribution in [2.45, 2.75) is 33.0 Å². The van der Waals surface area contributed by atoms with Gasteiger partial charge in [-0.1, -0.05) is 23.7 Å². The highest BCUT2D eigenvalue weighted by Crippen LogP contribution is 2.27. The Morgan fingerprint density at radius 2 is 1.89 bits per heavy atom. The lowest BCUT2D eigenvalue weighted by atomic mass is 10.0. The summed E-state index contributed by atoms with van der Waals surface area (Å²) in [4.78, 5) is 37.3. The second kappa shape index (κ2) is 10.6. The number of carbonyl (C=O) groups is 1. The molecule has 2 aromatic carbocycles. The van der Waals surface area contributed by atoms with Gasteiger partial charge in [0.2, 0.25) is 5.91 Å². The molecule has 0 aliphatic carbocycles. The Morgan fingerprint density at radius 1 is 1.11 bits per heavy atom. The topological polar surface area (TPSA) is 80.1 Å². The molecule has 0 fully saturated rings. The summed E-state index contributed by atoms with van der Waals surface area (Å²) in [6, 6.07) is 13.1. The summed E-state index contributed by atoms with van der Waals surface area (Å²) in [5.41, 5.74) is 2.67. The first-order valence-electron chi connectivity index (χ1n) is 11.5. The van der Waals surface area contributed by atoms with E-state index in [0.717, 1.165) is 11.1 Å². The van der Waals surface area contributed by atoms with Gasteiger partial charge in [0.25, 0.3) is 5.56 Å². The van der Waals surface area contributed by atoms with E-state index in [1.54, 1.807) is 18.3 Å². The van der Waals surface area contributed by atoms with Gasteiger partial charge >= 0.3 is 0 Å². The molecule has 0 aliphatic rings. The molecule has 0 bridgehead atoms. The highest BCUT2D eigenvalue weighted by molar-refractivity contribution is 6.31. The minimum absolute atomic E-state index is 0.105. The van der Waals surface area contributed by atoms with Crippen LogP contribution in [0, 0.1) is 5.82 Å². The van der Waals surface area contributed by atoms with Crippen LogP contribution in [-0.2, 0) is 17.9 Å². The Hall–Kier alpha value is -3.62. The lowest BCUT2D eigenvalue weighted by Crippen LogP contribution is -2.37. The van der Waals surface area contributed by atoms with Crippen molar-refractivity contribution in [1.82, 2.24) is 24.8 Å². The minimum atomic E-state index is -0.474. The largest absolute Gasteiger partial charge is 0.352 e. The van der Waals surface area contributed by atoms with Crippen LogP contribution in [0.15, 0.2) is 59.5 Å². The zero-order valence-corrected chi connectivity index (χ0v) is 21.3. The summed E-state index contributed by atoms with van der Waals surface area (Å²) in [6.07, 6.45) is 1.63. The van der Waals surface area contributed by atoms with Crippen molar-refractivity contribution in [2.75, 3.05) is 14.1 Å². The molecule has 2 aromatic heterocycles. The number of nitrogens with zero attached hydrogens (tertiary/aromatic N) is 4. The molecule has 4 aromatic rings. The monoisotopic (exact) mass is 507 g/mol. The molecule has 4 rings (SSSR count). The molecule has 0 aliphatic heterocycles. The van der Waals surface area contributed by atoms with E-state index in [4.69, 9.17) is 11.6 Å². The third-order valence-electron chi connectivity index (χ3n) is 5.43. The fourth-order valence-corrected chi connectivity index (χ4v) is 4.30. The maximum atomic E-state index is 14.0. The molecule has 0 unspecified atom stereocenters. The summed E-state index contributed by atoms with van der Waals surface area (Å²) in [7, 11) is 3.94. The molecule has 186 valence electrons. The maximum Gasteiger partial charge on any atom is 0.263 e. The number of carbonyl (C=O) groups excluding carboxylic acids is 1. The second-order valence-corrected chi connectivity index (χ2v) is 9.68. The van der Waals surface area contributed by atoms with Crippen LogP contribution in [0.25, 0.3) is 33.5 Å². The van der Waals surface area contributed by atoms with Gasteiger partial charge in [0.15, 0.2) is 5.65 Å². The van der Waals surface area contributed by atoms with Gasteiger partial charge in [0, 0.05) is 34.9 Å². The van der Waals surface area contributed by atoms with Crippen molar-refractivity contribution in [1.29, 1.82) is 0 Å². The molecule has 9 heteroatoms. The standard InChI is InChI=1S/C27H27ClFN5O2/c1-16(2)31-24(35)15-34-26(18-6-5-7-22(29)11-18)32-25-23(27(34)36)12-20(13-30-25)19-8-17(14-33(3)4)9-21(28)10-19/h5-13,16H,14-15H2,1-4H3,(H,31,35). The fraction of sp³-hybridized carbons (Fsp3) is 0.259. The predicted molar refractivity (Wildman–Crippen MR) is 140 cm³/mol. The number of halogens is 2. The lowest BCUT2D eigenvalue weighted by Gasteiger charge is -2.15. The first kappa shape index (κ1) is 25.5. The number of fused-ring (bicyclic) bond motifs is 1. The number of aromatic nitrogens is 3. The molecule has 0 saturated heterocycles.